The molecular formula is C31H47N9O2. The first-order valence-corrected chi connectivity index (χ1v) is 15.3. The van der Waals surface area contributed by atoms with Crippen LogP contribution in [-0.2, 0) is 10.2 Å². The van der Waals surface area contributed by atoms with Crippen LogP contribution in [0.5, 0.6) is 0 Å². The summed E-state index contributed by atoms with van der Waals surface area (Å²) in [5.74, 6) is 0.471. The summed E-state index contributed by atoms with van der Waals surface area (Å²) in [5.41, 5.74) is 14.1. The van der Waals surface area contributed by atoms with Gasteiger partial charge in [0.2, 0.25) is 6.41 Å². The Labute approximate surface area is 249 Å². The maximum atomic E-state index is 12.2. The van der Waals surface area contributed by atoms with Crippen LogP contribution < -0.4 is 21.7 Å². The molecule has 1 aliphatic carbocycles. The van der Waals surface area contributed by atoms with Crippen LogP contribution in [0.2, 0.25) is 0 Å². The van der Waals surface area contributed by atoms with Gasteiger partial charge in [-0.25, -0.2) is 9.97 Å². The fourth-order valence-electron chi connectivity index (χ4n) is 6.57. The van der Waals surface area contributed by atoms with Crippen molar-refractivity contribution >= 4 is 29.6 Å². The fraction of sp³-hybridized carbons (Fsp3) is 0.613. The number of likely N-dealkylation sites (N-methyl/N-ethyl adjacent to an activating group) is 2. The number of rotatable bonds is 11. The number of nitrogens with zero attached hydrogens (tertiary/aromatic N) is 6. The lowest BCUT2D eigenvalue weighted by molar-refractivity contribution is -0.117. The molecule has 3 fully saturated rings. The molecule has 2 saturated heterocycles. The van der Waals surface area contributed by atoms with Crippen molar-refractivity contribution in [1.82, 2.24) is 24.7 Å². The number of primary amides is 1. The zero-order valence-corrected chi connectivity index (χ0v) is 25.3. The van der Waals surface area contributed by atoms with Crippen LogP contribution in [0.15, 0.2) is 30.5 Å². The van der Waals surface area contributed by atoms with Crippen LogP contribution in [-0.4, -0.2) is 108 Å². The molecule has 1 saturated carbocycles. The molecule has 1 aromatic heterocycles. The number of aromatic nitrogens is 2. The second-order valence-corrected chi connectivity index (χ2v) is 12.8. The summed E-state index contributed by atoms with van der Waals surface area (Å²) in [6, 6.07) is 9.87. The highest BCUT2D eigenvalue weighted by Crippen LogP contribution is 2.38. The third-order valence-electron chi connectivity index (χ3n) is 9.73. The van der Waals surface area contributed by atoms with Gasteiger partial charge in [0.25, 0.3) is 5.91 Å². The highest BCUT2D eigenvalue weighted by Gasteiger charge is 2.37. The average molecular weight is 578 g/mol. The number of amides is 2. The van der Waals surface area contributed by atoms with Gasteiger partial charge < -0.3 is 31.5 Å². The predicted octanol–water partition coefficient (Wildman–Crippen LogP) is 2.15. The Morgan fingerprint density at radius 1 is 1.14 bits per heavy atom. The summed E-state index contributed by atoms with van der Waals surface area (Å²) >= 11 is 0. The summed E-state index contributed by atoms with van der Waals surface area (Å²) in [7, 11) is 3.89. The normalized spacial score (nSPS) is 24.2. The molecule has 3 heterocycles. The van der Waals surface area contributed by atoms with Crippen LogP contribution in [0.3, 0.4) is 0 Å². The second kappa shape index (κ2) is 12.9. The zero-order valence-electron chi connectivity index (χ0n) is 25.3. The number of benzene rings is 1. The topological polar surface area (TPSA) is 137 Å². The molecule has 3 aliphatic rings. The fourth-order valence-corrected chi connectivity index (χ4v) is 6.57. The smallest absolute Gasteiger partial charge is 0.271 e. The van der Waals surface area contributed by atoms with Crippen LogP contribution in [0.1, 0.15) is 61.5 Å². The van der Waals surface area contributed by atoms with Gasteiger partial charge in [0.05, 0.1) is 6.20 Å². The molecule has 2 aliphatic heterocycles. The van der Waals surface area contributed by atoms with E-state index >= 15 is 0 Å². The summed E-state index contributed by atoms with van der Waals surface area (Å²) in [5, 5.41) is 3.32. The van der Waals surface area contributed by atoms with Crippen LogP contribution in [0, 0.1) is 0 Å². The zero-order chi connectivity index (χ0) is 29.9. The first-order chi connectivity index (χ1) is 20.1. The van der Waals surface area contributed by atoms with Gasteiger partial charge in [-0.1, -0.05) is 19.1 Å². The lowest BCUT2D eigenvalue weighted by atomic mass is 9.73. The van der Waals surface area contributed by atoms with E-state index in [0.29, 0.717) is 36.3 Å². The third kappa shape index (κ3) is 6.85. The van der Waals surface area contributed by atoms with Gasteiger partial charge in [-0.15, -0.1) is 0 Å². The number of hydrogen-bond donors (Lipinski definition) is 3. The van der Waals surface area contributed by atoms with Gasteiger partial charge >= 0.3 is 0 Å². The number of hydrogen-bond acceptors (Lipinski definition) is 9. The maximum Gasteiger partial charge on any atom is 0.271 e. The quantitative estimate of drug-likeness (QED) is 0.343. The van der Waals surface area contributed by atoms with Crippen LogP contribution in [0.4, 0.5) is 17.3 Å². The van der Waals surface area contributed by atoms with Crippen LogP contribution >= 0.6 is 0 Å². The molecule has 1 unspecified atom stereocenters. The van der Waals surface area contributed by atoms with E-state index in [1.165, 1.54) is 5.56 Å². The standard InChI is InChI=1S/C31H47N9O2/c1-31(10-13-39(14-11-31)26-17-23(32)18-26)22-6-8-24(9-7-22)35-30-28(29(33)42)34-19-27(36-30)40-12-4-5-25(20-40)38(3)16-15-37(2)21-41/h6-9,19,21,23,25-26H,4-5,10-18,20,32H2,1-3H3,(H2,33,42)(H,35,36). The second-order valence-electron chi connectivity index (χ2n) is 12.8. The van der Waals surface area contributed by atoms with Gasteiger partial charge in [0, 0.05) is 57.0 Å². The Bertz CT molecular complexity index is 1230. The van der Waals surface area contributed by atoms with E-state index < -0.39 is 5.91 Å². The number of likely N-dealkylation sites (tertiary alicyclic amines) is 1. The van der Waals surface area contributed by atoms with Crippen molar-refractivity contribution in [2.45, 2.75) is 69.0 Å². The van der Waals surface area contributed by atoms with E-state index in [9.17, 15) is 9.59 Å². The lowest BCUT2D eigenvalue weighted by Gasteiger charge is -2.47. The molecule has 11 heteroatoms. The predicted molar refractivity (Wildman–Crippen MR) is 166 cm³/mol. The maximum absolute atomic E-state index is 12.2. The van der Waals surface area contributed by atoms with Crippen molar-refractivity contribution in [2.75, 3.05) is 63.6 Å². The minimum Gasteiger partial charge on any atom is -0.364 e. The molecule has 0 radical (unpaired) electrons. The molecule has 2 amide bonds. The van der Waals surface area contributed by atoms with Crippen molar-refractivity contribution in [1.29, 1.82) is 0 Å². The Hall–Kier alpha value is -3.28. The summed E-state index contributed by atoms with van der Waals surface area (Å²) in [6.07, 6.45) is 9.11. The van der Waals surface area contributed by atoms with Crippen molar-refractivity contribution < 1.29 is 9.59 Å². The molecule has 1 atom stereocenters. The monoisotopic (exact) mass is 577 g/mol. The van der Waals surface area contributed by atoms with E-state index in [1.807, 2.05) is 0 Å². The first-order valence-electron chi connectivity index (χ1n) is 15.3. The third-order valence-corrected chi connectivity index (χ3v) is 9.73. The molecule has 11 nitrogen and oxygen atoms in total. The number of carbonyl (C=O) groups excluding carboxylic acids is 2. The number of nitrogens with one attached hydrogen (secondary N) is 1. The molecule has 0 bridgehead atoms. The van der Waals surface area contributed by atoms with Crippen LogP contribution in [0.25, 0.3) is 0 Å². The minimum absolute atomic E-state index is 0.125. The number of carbonyl (C=O) groups is 2. The molecule has 2 aromatic rings. The molecule has 1 aromatic carbocycles. The highest BCUT2D eigenvalue weighted by molar-refractivity contribution is 5.96. The van der Waals surface area contributed by atoms with Crippen molar-refractivity contribution in [3.8, 4) is 0 Å². The van der Waals surface area contributed by atoms with Crippen molar-refractivity contribution in [2.24, 2.45) is 11.5 Å². The molecule has 5 rings (SSSR count). The van der Waals surface area contributed by atoms with Crippen molar-refractivity contribution in [3.05, 3.63) is 41.7 Å². The summed E-state index contributed by atoms with van der Waals surface area (Å²) < 4.78 is 0. The molecule has 5 N–H and O–H groups in total. The van der Waals surface area contributed by atoms with Gasteiger partial charge in [-0.05, 0) is 81.8 Å². The van der Waals surface area contributed by atoms with E-state index in [0.717, 1.165) is 83.3 Å². The van der Waals surface area contributed by atoms with Gasteiger partial charge in [-0.2, -0.15) is 0 Å². The van der Waals surface area contributed by atoms with E-state index in [1.54, 1.807) is 18.1 Å². The van der Waals surface area contributed by atoms with Gasteiger partial charge in [-0.3, -0.25) is 14.5 Å². The molecule has 228 valence electrons. The highest BCUT2D eigenvalue weighted by atomic mass is 16.1. The first kappa shape index (κ1) is 30.2. The Balaban J connectivity index is 1.24. The van der Waals surface area contributed by atoms with E-state index in [4.69, 9.17) is 16.5 Å². The minimum atomic E-state index is -0.615. The molecule has 42 heavy (non-hydrogen) atoms. The van der Waals surface area contributed by atoms with E-state index in [2.05, 4.69) is 63.2 Å². The largest absolute Gasteiger partial charge is 0.364 e. The van der Waals surface area contributed by atoms with Gasteiger partial charge in [0.15, 0.2) is 11.5 Å². The summed E-state index contributed by atoms with van der Waals surface area (Å²) in [6.45, 7) is 7.73. The number of anilines is 3. The Morgan fingerprint density at radius 2 is 1.86 bits per heavy atom. The average Bonchev–Trinajstić information content (AvgIpc) is 2.99. The summed E-state index contributed by atoms with van der Waals surface area (Å²) in [4.78, 5) is 41.2. The van der Waals surface area contributed by atoms with E-state index in [-0.39, 0.29) is 11.1 Å². The Morgan fingerprint density at radius 3 is 2.50 bits per heavy atom. The number of piperidine rings is 2. The molecular weight excluding hydrogens is 530 g/mol. The van der Waals surface area contributed by atoms with Crippen molar-refractivity contribution in [3.63, 3.8) is 0 Å². The van der Waals surface area contributed by atoms with Gasteiger partial charge in [0.1, 0.15) is 5.82 Å². The number of nitrogens with two attached hydrogens (primary N) is 2. The Kier molecular flexibility index (Phi) is 9.29. The lowest BCUT2D eigenvalue weighted by Crippen LogP contribution is -2.54. The SMILES string of the molecule is CN(C=O)CCN(C)C1CCCN(c2cnc(C(N)=O)c(Nc3ccc(C4(C)CCN(C5CC(N)C5)CC4)cc3)n2)C1. The molecule has 0 spiro atoms.